The molecule has 4 heteroatoms. The van der Waals surface area contributed by atoms with Crippen molar-refractivity contribution in [1.82, 2.24) is 0 Å². The molecule has 0 saturated heterocycles. The molecule has 0 fully saturated rings. The summed E-state index contributed by atoms with van der Waals surface area (Å²) in [6, 6.07) is 41.2. The number of benzene rings is 5. The first-order chi connectivity index (χ1) is 17.5. The molecule has 36 heavy (non-hydrogen) atoms. The van der Waals surface area contributed by atoms with E-state index in [1.54, 1.807) is 0 Å². The minimum atomic E-state index is 0.0321. The average molecular weight is 471 g/mol. The zero-order valence-electron chi connectivity index (χ0n) is 20.0. The predicted molar refractivity (Wildman–Crippen MR) is 152 cm³/mol. The summed E-state index contributed by atoms with van der Waals surface area (Å²) < 4.78 is 0. The number of hydrogen-bond acceptors (Lipinski definition) is 4. The molecule has 0 amide bonds. The summed E-state index contributed by atoms with van der Waals surface area (Å²) in [5.41, 5.74) is 34.1. The third-order valence-electron chi connectivity index (χ3n) is 6.66. The first kappa shape index (κ1) is 23.1. The van der Waals surface area contributed by atoms with Crippen molar-refractivity contribution in [2.75, 3.05) is 22.9 Å². The molecule has 0 aliphatic rings. The Hall–Kier alpha value is -4.70. The van der Waals surface area contributed by atoms with Gasteiger partial charge in [-0.3, -0.25) is 0 Å². The Morgan fingerprint density at radius 2 is 0.556 bits per heavy atom. The van der Waals surface area contributed by atoms with Crippen LogP contribution in [0.4, 0.5) is 22.7 Å². The van der Waals surface area contributed by atoms with Crippen molar-refractivity contribution in [3.8, 4) is 0 Å². The second-order valence-corrected chi connectivity index (χ2v) is 9.20. The molecular weight excluding hydrogens is 440 g/mol. The second kappa shape index (κ2) is 9.88. The van der Waals surface area contributed by atoms with E-state index in [-0.39, 0.29) is 11.8 Å². The molecule has 5 aromatic carbocycles. The normalized spacial score (nSPS) is 11.2. The molecule has 0 unspecified atom stereocenters. The summed E-state index contributed by atoms with van der Waals surface area (Å²) in [5, 5.41) is 0. The molecule has 0 saturated carbocycles. The van der Waals surface area contributed by atoms with Crippen LogP contribution in [0.15, 0.2) is 121 Å². The van der Waals surface area contributed by atoms with Crippen molar-refractivity contribution in [2.24, 2.45) is 0 Å². The highest BCUT2D eigenvalue weighted by Gasteiger charge is 2.21. The van der Waals surface area contributed by atoms with Gasteiger partial charge in [-0.25, -0.2) is 0 Å². The van der Waals surface area contributed by atoms with Gasteiger partial charge in [-0.1, -0.05) is 72.8 Å². The molecule has 4 nitrogen and oxygen atoms in total. The van der Waals surface area contributed by atoms with Crippen molar-refractivity contribution in [3.05, 3.63) is 155 Å². The van der Waals surface area contributed by atoms with Crippen LogP contribution in [0.25, 0.3) is 0 Å². The zero-order chi connectivity index (χ0) is 25.1. The Morgan fingerprint density at radius 1 is 0.306 bits per heavy atom. The van der Waals surface area contributed by atoms with Gasteiger partial charge in [0.1, 0.15) is 0 Å². The molecule has 0 atom stereocenters. The van der Waals surface area contributed by atoms with E-state index in [1.807, 2.05) is 48.5 Å². The maximum absolute atomic E-state index is 6.00. The molecule has 0 aromatic heterocycles. The third-order valence-corrected chi connectivity index (χ3v) is 6.66. The van der Waals surface area contributed by atoms with Gasteiger partial charge in [0.15, 0.2) is 0 Å². The number of nitrogen functional groups attached to an aromatic ring is 4. The van der Waals surface area contributed by atoms with Crippen LogP contribution in [0, 0.1) is 0 Å². The lowest BCUT2D eigenvalue weighted by Crippen LogP contribution is -2.08. The smallest absolute Gasteiger partial charge is 0.0340 e. The van der Waals surface area contributed by atoms with Gasteiger partial charge in [-0.15, -0.1) is 0 Å². The van der Waals surface area contributed by atoms with Crippen molar-refractivity contribution in [1.29, 1.82) is 0 Å². The highest BCUT2D eigenvalue weighted by molar-refractivity contribution is 5.54. The summed E-state index contributed by atoms with van der Waals surface area (Å²) in [6.45, 7) is 0. The van der Waals surface area contributed by atoms with Gasteiger partial charge >= 0.3 is 0 Å². The van der Waals surface area contributed by atoms with Crippen LogP contribution in [0.5, 0.6) is 0 Å². The lowest BCUT2D eigenvalue weighted by molar-refractivity contribution is 0.940. The quantitative estimate of drug-likeness (QED) is 0.171. The van der Waals surface area contributed by atoms with Crippen LogP contribution < -0.4 is 22.9 Å². The number of nitrogens with two attached hydrogens (primary N) is 4. The molecule has 0 radical (unpaired) electrons. The van der Waals surface area contributed by atoms with Gasteiger partial charge in [0.2, 0.25) is 0 Å². The van der Waals surface area contributed by atoms with E-state index < -0.39 is 0 Å². The van der Waals surface area contributed by atoms with E-state index in [0.717, 1.165) is 22.7 Å². The topological polar surface area (TPSA) is 104 Å². The standard InChI is InChI=1S/C32H30N4/c33-27-12-4-21(5-13-27)31(22-6-14-28(34)15-7-22)25-2-1-3-26(20-25)32(23-8-16-29(35)17-9-23)24-10-18-30(36)19-11-24/h1-20,31-32H,33-36H2. The van der Waals surface area contributed by atoms with E-state index in [0.29, 0.717) is 0 Å². The SMILES string of the molecule is Nc1ccc(C(c2ccc(N)cc2)c2cccc(C(c3ccc(N)cc3)c3ccc(N)cc3)c2)cc1. The van der Waals surface area contributed by atoms with E-state index in [1.165, 1.54) is 33.4 Å². The van der Waals surface area contributed by atoms with E-state index in [4.69, 9.17) is 22.9 Å². The van der Waals surface area contributed by atoms with Crippen LogP contribution in [-0.2, 0) is 0 Å². The monoisotopic (exact) mass is 470 g/mol. The Labute approximate surface area is 212 Å². The maximum atomic E-state index is 6.00. The highest BCUT2D eigenvalue weighted by atomic mass is 14.5. The summed E-state index contributed by atoms with van der Waals surface area (Å²) >= 11 is 0. The fourth-order valence-corrected chi connectivity index (χ4v) is 4.83. The van der Waals surface area contributed by atoms with E-state index in [9.17, 15) is 0 Å². The second-order valence-electron chi connectivity index (χ2n) is 9.20. The maximum Gasteiger partial charge on any atom is 0.0340 e. The van der Waals surface area contributed by atoms with Gasteiger partial charge in [-0.2, -0.15) is 0 Å². The fourth-order valence-electron chi connectivity index (χ4n) is 4.83. The third kappa shape index (κ3) is 4.89. The van der Waals surface area contributed by atoms with Crippen molar-refractivity contribution >= 4 is 22.7 Å². The van der Waals surface area contributed by atoms with Crippen LogP contribution >= 0.6 is 0 Å². The Kier molecular flexibility index (Phi) is 6.33. The molecule has 0 aliphatic carbocycles. The highest BCUT2D eigenvalue weighted by Crippen LogP contribution is 2.37. The van der Waals surface area contributed by atoms with Gasteiger partial charge in [0, 0.05) is 34.6 Å². The van der Waals surface area contributed by atoms with Crippen molar-refractivity contribution < 1.29 is 0 Å². The summed E-state index contributed by atoms with van der Waals surface area (Å²) in [6.07, 6.45) is 0. The van der Waals surface area contributed by atoms with Gasteiger partial charge in [0.25, 0.3) is 0 Å². The van der Waals surface area contributed by atoms with Crippen LogP contribution in [0.1, 0.15) is 45.2 Å². The Balaban J connectivity index is 1.65. The minimum absolute atomic E-state index is 0.0321. The summed E-state index contributed by atoms with van der Waals surface area (Å²) in [5.74, 6) is 0.0641. The van der Waals surface area contributed by atoms with Crippen molar-refractivity contribution in [3.63, 3.8) is 0 Å². The van der Waals surface area contributed by atoms with Crippen LogP contribution in [-0.4, -0.2) is 0 Å². The van der Waals surface area contributed by atoms with E-state index >= 15 is 0 Å². The number of anilines is 4. The first-order valence-corrected chi connectivity index (χ1v) is 12.0. The van der Waals surface area contributed by atoms with Gasteiger partial charge in [-0.05, 0) is 81.9 Å². The largest absolute Gasteiger partial charge is 0.399 e. The summed E-state index contributed by atoms with van der Waals surface area (Å²) in [7, 11) is 0. The molecule has 0 spiro atoms. The first-order valence-electron chi connectivity index (χ1n) is 12.0. The molecule has 0 heterocycles. The van der Waals surface area contributed by atoms with E-state index in [2.05, 4.69) is 72.8 Å². The Bertz CT molecular complexity index is 1240. The fraction of sp³-hybridized carbons (Fsp3) is 0.0625. The van der Waals surface area contributed by atoms with Gasteiger partial charge in [0.05, 0.1) is 0 Å². The number of hydrogen-bond donors (Lipinski definition) is 4. The summed E-state index contributed by atoms with van der Waals surface area (Å²) in [4.78, 5) is 0. The molecule has 0 bridgehead atoms. The van der Waals surface area contributed by atoms with Gasteiger partial charge < -0.3 is 22.9 Å². The molecule has 5 aromatic rings. The van der Waals surface area contributed by atoms with Crippen LogP contribution in [0.2, 0.25) is 0 Å². The minimum Gasteiger partial charge on any atom is -0.399 e. The lowest BCUT2D eigenvalue weighted by Gasteiger charge is -2.23. The Morgan fingerprint density at radius 3 is 0.806 bits per heavy atom. The lowest BCUT2D eigenvalue weighted by atomic mass is 9.80. The predicted octanol–water partition coefficient (Wildman–Crippen LogP) is 6.38. The molecular formula is C32H30N4. The number of rotatable bonds is 6. The molecule has 178 valence electrons. The molecule has 8 N–H and O–H groups in total. The zero-order valence-corrected chi connectivity index (χ0v) is 20.0. The molecule has 5 rings (SSSR count). The average Bonchev–Trinajstić information content (AvgIpc) is 2.89. The molecule has 0 aliphatic heterocycles. The van der Waals surface area contributed by atoms with Crippen molar-refractivity contribution in [2.45, 2.75) is 11.8 Å². The van der Waals surface area contributed by atoms with Crippen LogP contribution in [0.3, 0.4) is 0 Å².